The second kappa shape index (κ2) is 5.32. The number of aliphatic hydroxyl groups is 1. The molecule has 0 fully saturated rings. The predicted molar refractivity (Wildman–Crippen MR) is 65.7 cm³/mol. The Morgan fingerprint density at radius 3 is 2.25 bits per heavy atom. The van der Waals surface area contributed by atoms with E-state index in [0.717, 1.165) is 11.3 Å². The van der Waals surface area contributed by atoms with Gasteiger partial charge in [-0.25, -0.2) is 0 Å². The van der Waals surface area contributed by atoms with Gasteiger partial charge in [-0.3, -0.25) is 0 Å². The lowest BCUT2D eigenvalue weighted by Gasteiger charge is -2.21. The molecule has 0 aliphatic carbocycles. The molecule has 1 atom stereocenters. The van der Waals surface area contributed by atoms with Gasteiger partial charge >= 0.3 is 0 Å². The van der Waals surface area contributed by atoms with Gasteiger partial charge in [0.05, 0.1) is 6.10 Å². The average molecular weight is 223 g/mol. The van der Waals surface area contributed by atoms with Crippen LogP contribution in [-0.4, -0.2) is 24.3 Å². The molecule has 0 aromatic heterocycles. The average Bonchev–Trinajstić information content (AvgIpc) is 2.16. The highest BCUT2D eigenvalue weighted by atomic mass is 16.5. The zero-order valence-corrected chi connectivity index (χ0v) is 10.4. The molecule has 0 saturated heterocycles. The molecule has 1 rings (SSSR count). The molecular formula is C13H21NO2. The molecular weight excluding hydrogens is 202 g/mol. The fourth-order valence-electron chi connectivity index (χ4n) is 1.42. The Labute approximate surface area is 97.4 Å². The molecule has 2 N–H and O–H groups in total. The molecule has 3 nitrogen and oxygen atoms in total. The zero-order chi connectivity index (χ0) is 12.2. The van der Waals surface area contributed by atoms with Crippen molar-refractivity contribution in [2.24, 2.45) is 0 Å². The molecule has 0 aliphatic rings. The van der Waals surface area contributed by atoms with E-state index in [-0.39, 0.29) is 5.60 Å². The standard InChI is InChI=1S/C13H21NO2/c1-13(2,3)16-11-7-5-10(6-8-11)12(15)9-14-4/h5-8,12,14-15H,9H2,1-4H3/t12-/m0/s1. The molecule has 0 aliphatic heterocycles. The zero-order valence-electron chi connectivity index (χ0n) is 10.4. The molecule has 0 unspecified atom stereocenters. The number of hydrogen-bond donors (Lipinski definition) is 2. The van der Waals surface area contributed by atoms with Crippen LogP contribution in [0.1, 0.15) is 32.4 Å². The highest BCUT2D eigenvalue weighted by Crippen LogP contribution is 2.21. The largest absolute Gasteiger partial charge is 0.488 e. The lowest BCUT2D eigenvalue weighted by atomic mass is 10.1. The van der Waals surface area contributed by atoms with E-state index < -0.39 is 6.10 Å². The lowest BCUT2D eigenvalue weighted by molar-refractivity contribution is 0.130. The number of benzene rings is 1. The van der Waals surface area contributed by atoms with E-state index in [0.29, 0.717) is 6.54 Å². The summed E-state index contributed by atoms with van der Waals surface area (Å²) in [6, 6.07) is 7.56. The van der Waals surface area contributed by atoms with Crippen molar-refractivity contribution in [3.63, 3.8) is 0 Å². The molecule has 0 heterocycles. The van der Waals surface area contributed by atoms with Gasteiger partial charge in [0.25, 0.3) is 0 Å². The van der Waals surface area contributed by atoms with Crippen LogP contribution in [0.15, 0.2) is 24.3 Å². The molecule has 0 saturated carbocycles. The summed E-state index contributed by atoms with van der Waals surface area (Å²) >= 11 is 0. The summed E-state index contributed by atoms with van der Waals surface area (Å²) in [4.78, 5) is 0. The molecule has 0 spiro atoms. The molecule has 0 radical (unpaired) electrons. The topological polar surface area (TPSA) is 41.5 Å². The van der Waals surface area contributed by atoms with Crippen molar-refractivity contribution < 1.29 is 9.84 Å². The maximum absolute atomic E-state index is 9.74. The summed E-state index contributed by atoms with van der Waals surface area (Å²) in [5, 5.41) is 12.7. The summed E-state index contributed by atoms with van der Waals surface area (Å²) in [5.74, 6) is 0.827. The van der Waals surface area contributed by atoms with Crippen molar-refractivity contribution >= 4 is 0 Å². The quantitative estimate of drug-likeness (QED) is 0.821. The van der Waals surface area contributed by atoms with Gasteiger partial charge in [0.1, 0.15) is 11.4 Å². The third-order valence-corrected chi connectivity index (χ3v) is 2.09. The van der Waals surface area contributed by atoms with E-state index in [4.69, 9.17) is 4.74 Å². The molecule has 90 valence electrons. The Balaban J connectivity index is 2.68. The minimum Gasteiger partial charge on any atom is -0.488 e. The van der Waals surface area contributed by atoms with Gasteiger partial charge in [0.2, 0.25) is 0 Å². The van der Waals surface area contributed by atoms with Crippen LogP contribution in [0.25, 0.3) is 0 Å². The second-order valence-corrected chi connectivity index (χ2v) is 4.86. The molecule has 1 aromatic rings. The Kier molecular flexibility index (Phi) is 4.33. The van der Waals surface area contributed by atoms with Crippen molar-refractivity contribution in [3.8, 4) is 5.75 Å². The lowest BCUT2D eigenvalue weighted by Crippen LogP contribution is -2.23. The normalized spacial score (nSPS) is 13.6. The van der Waals surface area contributed by atoms with E-state index in [1.165, 1.54) is 0 Å². The van der Waals surface area contributed by atoms with E-state index in [1.54, 1.807) is 0 Å². The minimum atomic E-state index is -0.464. The van der Waals surface area contributed by atoms with Crippen molar-refractivity contribution in [1.82, 2.24) is 5.32 Å². The van der Waals surface area contributed by atoms with Gasteiger partial charge in [0, 0.05) is 6.54 Å². The predicted octanol–water partition coefficient (Wildman–Crippen LogP) is 2.12. The third kappa shape index (κ3) is 4.21. The van der Waals surface area contributed by atoms with E-state index in [2.05, 4.69) is 5.32 Å². The van der Waals surface area contributed by atoms with Gasteiger partial charge in [-0.2, -0.15) is 0 Å². The Morgan fingerprint density at radius 1 is 1.25 bits per heavy atom. The summed E-state index contributed by atoms with van der Waals surface area (Å²) in [6.45, 7) is 6.59. The van der Waals surface area contributed by atoms with Gasteiger partial charge in [0.15, 0.2) is 0 Å². The monoisotopic (exact) mass is 223 g/mol. The third-order valence-electron chi connectivity index (χ3n) is 2.09. The van der Waals surface area contributed by atoms with E-state index >= 15 is 0 Å². The molecule has 1 aromatic carbocycles. The summed E-state index contributed by atoms with van der Waals surface area (Å²) in [7, 11) is 1.82. The molecule has 3 heteroatoms. The summed E-state index contributed by atoms with van der Waals surface area (Å²) < 4.78 is 5.70. The SMILES string of the molecule is CNC[C@H](O)c1ccc(OC(C)(C)C)cc1. The fraction of sp³-hybridized carbons (Fsp3) is 0.538. The van der Waals surface area contributed by atoms with Crippen LogP contribution in [0, 0.1) is 0 Å². The van der Waals surface area contributed by atoms with E-state index in [9.17, 15) is 5.11 Å². The molecule has 0 bridgehead atoms. The van der Waals surface area contributed by atoms with Gasteiger partial charge in [-0.1, -0.05) is 12.1 Å². The number of likely N-dealkylation sites (N-methyl/N-ethyl adjacent to an activating group) is 1. The number of ether oxygens (including phenoxy) is 1. The van der Waals surface area contributed by atoms with Crippen LogP contribution in [0.3, 0.4) is 0 Å². The highest BCUT2D eigenvalue weighted by molar-refractivity contribution is 5.29. The smallest absolute Gasteiger partial charge is 0.120 e. The number of nitrogens with one attached hydrogen (secondary N) is 1. The first kappa shape index (κ1) is 13.0. The van der Waals surface area contributed by atoms with Crippen LogP contribution < -0.4 is 10.1 Å². The Hall–Kier alpha value is -1.06. The van der Waals surface area contributed by atoms with E-state index in [1.807, 2.05) is 52.1 Å². The number of aliphatic hydroxyl groups excluding tert-OH is 1. The van der Waals surface area contributed by atoms with Crippen molar-refractivity contribution in [1.29, 1.82) is 0 Å². The van der Waals surface area contributed by atoms with Crippen LogP contribution >= 0.6 is 0 Å². The number of hydrogen-bond acceptors (Lipinski definition) is 3. The van der Waals surface area contributed by atoms with Crippen molar-refractivity contribution in [2.45, 2.75) is 32.5 Å². The van der Waals surface area contributed by atoms with Crippen LogP contribution in [0.5, 0.6) is 5.75 Å². The summed E-state index contributed by atoms with van der Waals surface area (Å²) in [6.07, 6.45) is -0.464. The molecule has 0 amide bonds. The van der Waals surface area contributed by atoms with Crippen LogP contribution in [0.4, 0.5) is 0 Å². The van der Waals surface area contributed by atoms with Crippen LogP contribution in [-0.2, 0) is 0 Å². The van der Waals surface area contributed by atoms with Gasteiger partial charge < -0.3 is 15.2 Å². The number of rotatable bonds is 4. The maximum Gasteiger partial charge on any atom is 0.120 e. The van der Waals surface area contributed by atoms with Crippen molar-refractivity contribution in [2.75, 3.05) is 13.6 Å². The summed E-state index contributed by atoms with van der Waals surface area (Å²) in [5.41, 5.74) is 0.709. The Bertz CT molecular complexity index is 314. The first-order valence-electron chi connectivity index (χ1n) is 5.54. The Morgan fingerprint density at radius 2 is 1.81 bits per heavy atom. The first-order valence-corrected chi connectivity index (χ1v) is 5.54. The first-order chi connectivity index (χ1) is 7.42. The highest BCUT2D eigenvalue weighted by Gasteiger charge is 2.12. The maximum atomic E-state index is 9.74. The van der Waals surface area contributed by atoms with Gasteiger partial charge in [-0.15, -0.1) is 0 Å². The second-order valence-electron chi connectivity index (χ2n) is 4.86. The van der Waals surface area contributed by atoms with Gasteiger partial charge in [-0.05, 0) is 45.5 Å². The van der Waals surface area contributed by atoms with Crippen LogP contribution in [0.2, 0.25) is 0 Å². The molecule has 16 heavy (non-hydrogen) atoms. The fourth-order valence-corrected chi connectivity index (χ4v) is 1.42. The van der Waals surface area contributed by atoms with Crippen molar-refractivity contribution in [3.05, 3.63) is 29.8 Å². The minimum absolute atomic E-state index is 0.189.